The van der Waals surface area contributed by atoms with E-state index >= 15 is 0 Å². The normalized spacial score (nSPS) is 28.2. The number of piperidine rings is 1. The van der Waals surface area contributed by atoms with E-state index < -0.39 is 0 Å². The molecule has 2 amide bonds. The van der Waals surface area contributed by atoms with Crippen molar-refractivity contribution in [3.8, 4) is 0 Å². The van der Waals surface area contributed by atoms with Gasteiger partial charge in [0.2, 0.25) is 11.8 Å². The third kappa shape index (κ3) is 1.81. The number of nitrogens with zero attached hydrogens (tertiary/aromatic N) is 1. The number of amides is 2. The maximum Gasteiger partial charge on any atom is 0.233 e. The second-order valence-corrected chi connectivity index (χ2v) is 4.24. The van der Waals surface area contributed by atoms with Gasteiger partial charge in [-0.3, -0.25) is 14.5 Å². The van der Waals surface area contributed by atoms with E-state index in [-0.39, 0.29) is 23.7 Å². The number of hydrogen-bond acceptors (Lipinski definition) is 3. The van der Waals surface area contributed by atoms with Crippen molar-refractivity contribution in [1.29, 1.82) is 0 Å². The quantitative estimate of drug-likeness (QED) is 0.517. The van der Waals surface area contributed by atoms with Crippen LogP contribution in [0.3, 0.4) is 0 Å². The molecule has 1 aliphatic heterocycles. The molecule has 0 spiro atoms. The monoisotopic (exact) mass is 208 g/mol. The van der Waals surface area contributed by atoms with Crippen molar-refractivity contribution in [2.24, 2.45) is 11.8 Å². The van der Waals surface area contributed by atoms with E-state index in [1.54, 1.807) is 0 Å². The number of rotatable bonds is 5. The number of fused-ring (bicyclic) bond motifs is 1. The summed E-state index contributed by atoms with van der Waals surface area (Å²) in [6.45, 7) is 7.79. The largest absolute Gasteiger partial charge is 0.313 e. The second kappa shape index (κ2) is 3.77. The first kappa shape index (κ1) is 10.4. The number of likely N-dealkylation sites (tertiary alicyclic amines) is 1. The zero-order chi connectivity index (χ0) is 11.0. The average Bonchev–Trinajstić information content (AvgIpc) is 2.96. The minimum atomic E-state index is 0.00245. The van der Waals surface area contributed by atoms with Crippen LogP contribution >= 0.6 is 0 Å². The molecular formula is C11H16N2O2. The molecule has 1 saturated carbocycles. The fourth-order valence-corrected chi connectivity index (χ4v) is 1.99. The Hall–Kier alpha value is -1.16. The lowest BCUT2D eigenvalue weighted by molar-refractivity contribution is -0.140. The Morgan fingerprint density at radius 1 is 1.47 bits per heavy atom. The molecule has 0 bridgehead atoms. The zero-order valence-corrected chi connectivity index (χ0v) is 8.95. The molecule has 1 N–H and O–H groups in total. The predicted octanol–water partition coefficient (Wildman–Crippen LogP) is 0.157. The average molecular weight is 208 g/mol. The Kier molecular flexibility index (Phi) is 2.61. The van der Waals surface area contributed by atoms with Crippen molar-refractivity contribution in [3.05, 3.63) is 12.2 Å². The number of likely N-dealkylation sites (N-methyl/N-ethyl adjacent to an activating group) is 1. The first-order valence-electron chi connectivity index (χ1n) is 5.37. The molecule has 1 aliphatic carbocycles. The van der Waals surface area contributed by atoms with Crippen LogP contribution in [-0.4, -0.2) is 36.3 Å². The summed E-state index contributed by atoms with van der Waals surface area (Å²) >= 11 is 0. The van der Waals surface area contributed by atoms with E-state index in [0.29, 0.717) is 13.1 Å². The molecule has 2 atom stereocenters. The van der Waals surface area contributed by atoms with Crippen LogP contribution in [0.2, 0.25) is 0 Å². The molecule has 15 heavy (non-hydrogen) atoms. The third-order valence-corrected chi connectivity index (χ3v) is 2.96. The van der Waals surface area contributed by atoms with Crippen molar-refractivity contribution in [2.75, 3.05) is 19.6 Å². The number of carbonyl (C=O) groups is 2. The van der Waals surface area contributed by atoms with E-state index in [1.807, 2.05) is 6.92 Å². The lowest BCUT2D eigenvalue weighted by Gasteiger charge is -2.17. The van der Waals surface area contributed by atoms with Gasteiger partial charge in [0.25, 0.3) is 0 Å². The highest BCUT2D eigenvalue weighted by Gasteiger charge is 2.58. The van der Waals surface area contributed by atoms with Crippen molar-refractivity contribution in [3.63, 3.8) is 0 Å². The van der Waals surface area contributed by atoms with E-state index in [2.05, 4.69) is 11.9 Å². The topological polar surface area (TPSA) is 49.4 Å². The Morgan fingerprint density at radius 2 is 2.07 bits per heavy atom. The van der Waals surface area contributed by atoms with Gasteiger partial charge in [-0.25, -0.2) is 0 Å². The van der Waals surface area contributed by atoms with Gasteiger partial charge in [-0.05, 0) is 18.5 Å². The van der Waals surface area contributed by atoms with Gasteiger partial charge in [0.1, 0.15) is 0 Å². The smallest absolute Gasteiger partial charge is 0.233 e. The molecule has 2 unspecified atom stereocenters. The molecule has 0 aromatic rings. The SMILES string of the molecule is C=C(CNCC)CN1C(=O)C2CC2C1=O. The molecule has 2 aliphatic rings. The molecule has 2 rings (SSSR count). The first-order chi connectivity index (χ1) is 7.15. The van der Waals surface area contributed by atoms with Gasteiger partial charge in [0, 0.05) is 6.54 Å². The third-order valence-electron chi connectivity index (χ3n) is 2.96. The van der Waals surface area contributed by atoms with Crippen molar-refractivity contribution >= 4 is 11.8 Å². The molecule has 0 radical (unpaired) electrons. The van der Waals surface area contributed by atoms with Gasteiger partial charge in [-0.2, -0.15) is 0 Å². The molecular weight excluding hydrogens is 192 g/mol. The molecule has 2 fully saturated rings. The van der Waals surface area contributed by atoms with Crippen LogP contribution in [0, 0.1) is 11.8 Å². The number of hydrogen-bond donors (Lipinski definition) is 1. The van der Waals surface area contributed by atoms with Gasteiger partial charge >= 0.3 is 0 Å². The number of carbonyl (C=O) groups excluding carboxylic acids is 2. The zero-order valence-electron chi connectivity index (χ0n) is 8.95. The van der Waals surface area contributed by atoms with Crippen LogP contribution in [0.1, 0.15) is 13.3 Å². The maximum atomic E-state index is 11.6. The van der Waals surface area contributed by atoms with Crippen LogP contribution in [-0.2, 0) is 9.59 Å². The summed E-state index contributed by atoms with van der Waals surface area (Å²) in [5, 5.41) is 3.13. The molecule has 1 heterocycles. The summed E-state index contributed by atoms with van der Waals surface area (Å²) in [7, 11) is 0. The van der Waals surface area contributed by atoms with Gasteiger partial charge in [-0.15, -0.1) is 0 Å². The Morgan fingerprint density at radius 3 is 2.60 bits per heavy atom. The molecule has 82 valence electrons. The summed E-state index contributed by atoms with van der Waals surface area (Å²) in [6, 6.07) is 0. The summed E-state index contributed by atoms with van der Waals surface area (Å²) < 4.78 is 0. The van der Waals surface area contributed by atoms with Crippen LogP contribution in [0.4, 0.5) is 0 Å². The van der Waals surface area contributed by atoms with Crippen molar-refractivity contribution < 1.29 is 9.59 Å². The minimum absolute atomic E-state index is 0.00245. The first-order valence-corrected chi connectivity index (χ1v) is 5.37. The standard InChI is InChI=1S/C11H16N2O2/c1-3-12-5-7(2)6-13-10(14)8-4-9(8)11(13)15/h8-9,12H,2-6H2,1H3. The lowest BCUT2D eigenvalue weighted by Crippen LogP contribution is -2.36. The highest BCUT2D eigenvalue weighted by molar-refractivity contribution is 6.09. The Balaban J connectivity index is 1.87. The van der Waals surface area contributed by atoms with E-state index in [0.717, 1.165) is 18.5 Å². The van der Waals surface area contributed by atoms with Crippen LogP contribution in [0.5, 0.6) is 0 Å². The molecule has 4 heteroatoms. The minimum Gasteiger partial charge on any atom is -0.313 e. The summed E-state index contributed by atoms with van der Waals surface area (Å²) in [5.41, 5.74) is 0.889. The van der Waals surface area contributed by atoms with Gasteiger partial charge in [0.15, 0.2) is 0 Å². The Labute approximate surface area is 89.3 Å². The lowest BCUT2D eigenvalue weighted by atomic mass is 10.2. The molecule has 0 aromatic heterocycles. The summed E-state index contributed by atoms with van der Waals surface area (Å²) in [6.07, 6.45) is 0.772. The fraction of sp³-hybridized carbons (Fsp3) is 0.636. The maximum absolute atomic E-state index is 11.6. The van der Waals surface area contributed by atoms with Crippen LogP contribution in [0.25, 0.3) is 0 Å². The van der Waals surface area contributed by atoms with Gasteiger partial charge in [-0.1, -0.05) is 13.5 Å². The summed E-state index contributed by atoms with van der Waals surface area (Å²) in [5.74, 6) is 0.0131. The Bertz CT molecular complexity index is 305. The summed E-state index contributed by atoms with van der Waals surface area (Å²) in [4.78, 5) is 24.6. The number of nitrogens with one attached hydrogen (secondary N) is 1. The molecule has 1 saturated heterocycles. The highest BCUT2D eigenvalue weighted by atomic mass is 16.2. The van der Waals surface area contributed by atoms with Gasteiger partial charge in [0.05, 0.1) is 18.4 Å². The van der Waals surface area contributed by atoms with Crippen molar-refractivity contribution in [1.82, 2.24) is 10.2 Å². The predicted molar refractivity (Wildman–Crippen MR) is 56.0 cm³/mol. The van der Waals surface area contributed by atoms with Gasteiger partial charge < -0.3 is 5.32 Å². The highest BCUT2D eigenvalue weighted by Crippen LogP contribution is 2.46. The van der Waals surface area contributed by atoms with E-state index in [1.165, 1.54) is 4.90 Å². The van der Waals surface area contributed by atoms with E-state index in [4.69, 9.17) is 0 Å². The fourth-order valence-electron chi connectivity index (χ4n) is 1.99. The van der Waals surface area contributed by atoms with E-state index in [9.17, 15) is 9.59 Å². The molecule has 0 aromatic carbocycles. The molecule has 4 nitrogen and oxygen atoms in total. The number of imide groups is 1. The van der Waals surface area contributed by atoms with Crippen LogP contribution in [0.15, 0.2) is 12.2 Å². The van der Waals surface area contributed by atoms with Crippen LogP contribution < -0.4 is 5.32 Å². The van der Waals surface area contributed by atoms with Crippen molar-refractivity contribution in [2.45, 2.75) is 13.3 Å². The second-order valence-electron chi connectivity index (χ2n) is 4.24.